The third kappa shape index (κ3) is 4.03. The molecule has 1 amide bonds. The Morgan fingerprint density at radius 3 is 2.44 bits per heavy atom. The zero-order valence-corrected chi connectivity index (χ0v) is 18.9. The first-order chi connectivity index (χ1) is 16.5. The molecule has 1 N–H and O–H groups in total. The van der Waals surface area contributed by atoms with E-state index in [4.69, 9.17) is 9.84 Å². The summed E-state index contributed by atoms with van der Waals surface area (Å²) in [6, 6.07) is 24.2. The summed E-state index contributed by atoms with van der Waals surface area (Å²) >= 11 is 0. The van der Waals surface area contributed by atoms with Crippen molar-refractivity contribution in [3.63, 3.8) is 0 Å². The predicted octanol–water partition coefficient (Wildman–Crippen LogP) is 4.95. The van der Waals surface area contributed by atoms with Crippen LogP contribution in [0.15, 0.2) is 90.2 Å². The number of para-hydroxylation sites is 1. The van der Waals surface area contributed by atoms with Crippen LogP contribution >= 0.6 is 0 Å². The highest BCUT2D eigenvalue weighted by Gasteiger charge is 2.34. The number of phenolic OH excluding ortho intramolecular Hbond substituents is 1. The minimum absolute atomic E-state index is 0.159. The minimum atomic E-state index is -0.329. The summed E-state index contributed by atoms with van der Waals surface area (Å²) in [7, 11) is 1.63. The lowest BCUT2D eigenvalue weighted by Gasteiger charge is -2.20. The summed E-state index contributed by atoms with van der Waals surface area (Å²) in [4.78, 5) is 12.6. The fourth-order valence-corrected chi connectivity index (χ4v) is 4.22. The number of carbonyl (C=O) groups excluding carboxylic acids is 1. The van der Waals surface area contributed by atoms with Gasteiger partial charge in [0.15, 0.2) is 0 Å². The number of carbonyl (C=O) groups is 1. The van der Waals surface area contributed by atoms with Gasteiger partial charge in [0, 0.05) is 36.2 Å². The third-order valence-electron chi connectivity index (χ3n) is 5.90. The number of hydrogen-bond acceptors (Lipinski definition) is 5. The molecular formula is C27H24N4O3. The number of ether oxygens (including phenoxy) is 1. The van der Waals surface area contributed by atoms with Crippen LogP contribution in [0.2, 0.25) is 0 Å². The summed E-state index contributed by atoms with van der Waals surface area (Å²) in [5.41, 5.74) is 5.03. The number of benzene rings is 3. The maximum atomic E-state index is 12.6. The maximum absolute atomic E-state index is 12.6. The molecule has 3 aromatic carbocycles. The lowest BCUT2D eigenvalue weighted by atomic mass is 9.96. The van der Waals surface area contributed by atoms with Gasteiger partial charge in [-0.25, -0.2) is 9.69 Å². The van der Waals surface area contributed by atoms with Crippen molar-refractivity contribution < 1.29 is 14.6 Å². The Kier molecular flexibility index (Phi) is 5.59. The van der Waals surface area contributed by atoms with Gasteiger partial charge < -0.3 is 9.84 Å². The lowest BCUT2D eigenvalue weighted by Crippen LogP contribution is -2.24. The van der Waals surface area contributed by atoms with Crippen LogP contribution in [0.5, 0.6) is 11.5 Å². The Bertz CT molecular complexity index is 1360. The molecule has 0 spiro atoms. The monoisotopic (exact) mass is 452 g/mol. The second-order valence-electron chi connectivity index (χ2n) is 8.12. The summed E-state index contributed by atoms with van der Waals surface area (Å²) in [5.74, 6) is 0.760. The van der Waals surface area contributed by atoms with Crippen molar-refractivity contribution in [3.8, 4) is 28.4 Å². The molecule has 7 nitrogen and oxygen atoms in total. The van der Waals surface area contributed by atoms with E-state index in [1.807, 2.05) is 71.5 Å². The third-order valence-corrected chi connectivity index (χ3v) is 5.90. The average Bonchev–Trinajstić information content (AvgIpc) is 3.50. The quantitative estimate of drug-likeness (QED) is 0.465. The molecule has 2 heterocycles. The number of hydrogen-bond donors (Lipinski definition) is 1. The van der Waals surface area contributed by atoms with Gasteiger partial charge in [-0.05, 0) is 48.5 Å². The Morgan fingerprint density at radius 1 is 1.00 bits per heavy atom. The smallest absolute Gasteiger partial charge is 0.240 e. The Morgan fingerprint density at radius 2 is 1.76 bits per heavy atom. The topological polar surface area (TPSA) is 80.0 Å². The highest BCUT2D eigenvalue weighted by atomic mass is 16.5. The molecule has 0 saturated heterocycles. The largest absolute Gasteiger partial charge is 0.508 e. The van der Waals surface area contributed by atoms with E-state index in [1.165, 1.54) is 11.9 Å². The predicted molar refractivity (Wildman–Crippen MR) is 130 cm³/mol. The van der Waals surface area contributed by atoms with E-state index in [0.717, 1.165) is 39.5 Å². The van der Waals surface area contributed by atoms with Crippen LogP contribution < -0.4 is 4.74 Å². The van der Waals surface area contributed by atoms with Crippen molar-refractivity contribution in [1.29, 1.82) is 0 Å². The molecule has 4 aromatic rings. The van der Waals surface area contributed by atoms with Gasteiger partial charge in [0.05, 0.1) is 30.2 Å². The first-order valence-electron chi connectivity index (χ1n) is 11.0. The van der Waals surface area contributed by atoms with E-state index in [-0.39, 0.29) is 17.7 Å². The van der Waals surface area contributed by atoms with Crippen molar-refractivity contribution >= 4 is 11.6 Å². The van der Waals surface area contributed by atoms with Gasteiger partial charge in [0.2, 0.25) is 5.91 Å². The lowest BCUT2D eigenvalue weighted by molar-refractivity contribution is -0.130. The van der Waals surface area contributed by atoms with Crippen LogP contribution in [-0.2, 0) is 4.79 Å². The van der Waals surface area contributed by atoms with Crippen molar-refractivity contribution in [3.05, 3.63) is 96.2 Å². The van der Waals surface area contributed by atoms with Crippen molar-refractivity contribution in [2.75, 3.05) is 7.11 Å². The Labute approximate surface area is 197 Å². The van der Waals surface area contributed by atoms with Crippen LogP contribution in [0.1, 0.15) is 30.5 Å². The molecule has 1 unspecified atom stereocenters. The van der Waals surface area contributed by atoms with Gasteiger partial charge in [-0.2, -0.15) is 10.2 Å². The zero-order valence-electron chi connectivity index (χ0n) is 18.9. The van der Waals surface area contributed by atoms with E-state index < -0.39 is 0 Å². The van der Waals surface area contributed by atoms with Crippen molar-refractivity contribution in [2.24, 2.45) is 5.10 Å². The number of phenols is 1. The molecule has 0 saturated carbocycles. The molecule has 1 aliphatic heterocycles. The standard InChI is InChI=1S/C27H24N4O3/c1-18(32)31-26(16-25(28-31)20-7-6-10-22(33)15-20)24-17-30(21-8-4-3-5-9-21)29-27(24)19-11-13-23(34-2)14-12-19/h3-15,17,26,33H,16H2,1-2H3. The molecule has 0 radical (unpaired) electrons. The number of amides is 1. The molecule has 5 rings (SSSR count). The zero-order chi connectivity index (χ0) is 23.7. The van der Waals surface area contributed by atoms with E-state index in [0.29, 0.717) is 6.42 Å². The fourth-order valence-electron chi connectivity index (χ4n) is 4.22. The van der Waals surface area contributed by atoms with Crippen LogP contribution in [0, 0.1) is 0 Å². The molecule has 7 heteroatoms. The Balaban J connectivity index is 1.61. The number of aromatic hydroxyl groups is 1. The molecule has 34 heavy (non-hydrogen) atoms. The van der Waals surface area contributed by atoms with Gasteiger partial charge in [-0.3, -0.25) is 4.79 Å². The van der Waals surface area contributed by atoms with E-state index in [9.17, 15) is 9.90 Å². The molecule has 170 valence electrons. The van der Waals surface area contributed by atoms with Crippen molar-refractivity contribution in [1.82, 2.24) is 14.8 Å². The van der Waals surface area contributed by atoms with E-state index in [2.05, 4.69) is 5.10 Å². The summed E-state index contributed by atoms with van der Waals surface area (Å²) < 4.78 is 7.15. The van der Waals surface area contributed by atoms with Gasteiger partial charge in [0.25, 0.3) is 0 Å². The van der Waals surface area contributed by atoms with Gasteiger partial charge in [-0.1, -0.05) is 30.3 Å². The molecule has 0 fully saturated rings. The minimum Gasteiger partial charge on any atom is -0.508 e. The second kappa shape index (κ2) is 8.86. The molecule has 0 aliphatic carbocycles. The first-order valence-corrected chi connectivity index (χ1v) is 11.0. The van der Waals surface area contributed by atoms with E-state index >= 15 is 0 Å². The number of aromatic nitrogens is 2. The van der Waals surface area contributed by atoms with E-state index in [1.54, 1.807) is 25.3 Å². The molecule has 1 aromatic heterocycles. The number of hydrazone groups is 1. The normalized spacial score (nSPS) is 15.3. The van der Waals surface area contributed by atoms with Gasteiger partial charge >= 0.3 is 0 Å². The van der Waals surface area contributed by atoms with Crippen LogP contribution in [0.3, 0.4) is 0 Å². The Hall–Kier alpha value is -4.39. The fraction of sp³-hybridized carbons (Fsp3) is 0.148. The second-order valence-corrected chi connectivity index (χ2v) is 8.12. The van der Waals surface area contributed by atoms with Gasteiger partial charge in [0.1, 0.15) is 11.5 Å². The van der Waals surface area contributed by atoms with Crippen LogP contribution in [0.4, 0.5) is 0 Å². The summed E-state index contributed by atoms with van der Waals surface area (Å²) in [6.07, 6.45) is 2.48. The van der Waals surface area contributed by atoms with Gasteiger partial charge in [-0.15, -0.1) is 0 Å². The molecule has 1 aliphatic rings. The molecule has 1 atom stereocenters. The van der Waals surface area contributed by atoms with Crippen LogP contribution in [-0.4, -0.2) is 38.6 Å². The highest BCUT2D eigenvalue weighted by molar-refractivity contribution is 6.03. The maximum Gasteiger partial charge on any atom is 0.240 e. The highest BCUT2D eigenvalue weighted by Crippen LogP contribution is 2.38. The molecule has 0 bridgehead atoms. The summed E-state index contributed by atoms with van der Waals surface area (Å²) in [5, 5.41) is 21.0. The average molecular weight is 453 g/mol. The number of rotatable bonds is 5. The first kappa shape index (κ1) is 21.5. The number of nitrogens with zero attached hydrogens (tertiary/aromatic N) is 4. The van der Waals surface area contributed by atoms with Crippen molar-refractivity contribution in [2.45, 2.75) is 19.4 Å². The molecular weight excluding hydrogens is 428 g/mol. The summed E-state index contributed by atoms with van der Waals surface area (Å²) in [6.45, 7) is 1.51. The number of methoxy groups -OCH3 is 1. The SMILES string of the molecule is COc1ccc(-c2nn(-c3ccccc3)cc2C2CC(c3cccc(O)c3)=NN2C(C)=O)cc1. The van der Waals surface area contributed by atoms with Crippen LogP contribution in [0.25, 0.3) is 16.9 Å².